The summed E-state index contributed by atoms with van der Waals surface area (Å²) in [7, 11) is 0. The molecule has 17 heavy (non-hydrogen) atoms. The van der Waals surface area contributed by atoms with Crippen LogP contribution in [0.25, 0.3) is 0 Å². The minimum absolute atomic E-state index is 0.204. The van der Waals surface area contributed by atoms with Crippen LogP contribution in [0, 0.1) is 0 Å². The Bertz CT molecular complexity index is 436. The van der Waals surface area contributed by atoms with Crippen LogP contribution < -0.4 is 5.63 Å². The molecule has 0 aliphatic rings. The standard InChI is InChI=1S/C11H14O6/c1-3-4-15-11(13)9-5-8(7(2)17-14)6-10(12)16-9/h5-7,14H,3-4H2,1-2H3. The summed E-state index contributed by atoms with van der Waals surface area (Å²) in [5, 5.41) is 8.50. The van der Waals surface area contributed by atoms with E-state index in [-0.39, 0.29) is 12.4 Å². The van der Waals surface area contributed by atoms with Crippen LogP contribution in [0.5, 0.6) is 0 Å². The lowest BCUT2D eigenvalue weighted by atomic mass is 10.1. The van der Waals surface area contributed by atoms with Crippen molar-refractivity contribution in [3.8, 4) is 0 Å². The van der Waals surface area contributed by atoms with E-state index < -0.39 is 17.7 Å². The first-order chi connectivity index (χ1) is 8.08. The van der Waals surface area contributed by atoms with Gasteiger partial charge in [-0.1, -0.05) is 6.92 Å². The normalized spacial score (nSPS) is 12.2. The lowest BCUT2D eigenvalue weighted by Gasteiger charge is -2.08. The quantitative estimate of drug-likeness (QED) is 0.481. The van der Waals surface area contributed by atoms with Crippen LogP contribution in [0.4, 0.5) is 0 Å². The van der Waals surface area contributed by atoms with Gasteiger partial charge in [0, 0.05) is 6.07 Å². The second-order valence-corrected chi connectivity index (χ2v) is 3.46. The third-order valence-electron chi connectivity index (χ3n) is 2.06. The molecular formula is C11H14O6. The fourth-order valence-electron chi connectivity index (χ4n) is 1.16. The zero-order valence-corrected chi connectivity index (χ0v) is 9.63. The highest BCUT2D eigenvalue weighted by atomic mass is 17.1. The van der Waals surface area contributed by atoms with Crippen molar-refractivity contribution in [2.75, 3.05) is 6.61 Å². The van der Waals surface area contributed by atoms with E-state index in [1.165, 1.54) is 13.0 Å². The number of esters is 1. The molecule has 0 aliphatic heterocycles. The molecule has 1 atom stereocenters. The summed E-state index contributed by atoms with van der Waals surface area (Å²) in [6, 6.07) is 2.44. The van der Waals surface area contributed by atoms with Crippen molar-refractivity contribution in [2.45, 2.75) is 26.4 Å². The molecule has 1 aromatic rings. The fraction of sp³-hybridized carbons (Fsp3) is 0.455. The van der Waals surface area contributed by atoms with E-state index in [1.807, 2.05) is 6.92 Å². The minimum atomic E-state index is -0.725. The highest BCUT2D eigenvalue weighted by Gasteiger charge is 2.15. The molecule has 1 aromatic heterocycles. The van der Waals surface area contributed by atoms with Crippen molar-refractivity contribution in [1.82, 2.24) is 0 Å². The van der Waals surface area contributed by atoms with Gasteiger partial charge in [0.1, 0.15) is 6.10 Å². The summed E-state index contributed by atoms with van der Waals surface area (Å²) < 4.78 is 9.53. The summed E-state index contributed by atoms with van der Waals surface area (Å²) >= 11 is 0. The van der Waals surface area contributed by atoms with Gasteiger partial charge in [0.25, 0.3) is 0 Å². The average Bonchev–Trinajstić information content (AvgIpc) is 2.34. The van der Waals surface area contributed by atoms with Gasteiger partial charge < -0.3 is 9.15 Å². The van der Waals surface area contributed by atoms with E-state index >= 15 is 0 Å². The topological polar surface area (TPSA) is 86.0 Å². The van der Waals surface area contributed by atoms with E-state index in [9.17, 15) is 9.59 Å². The first-order valence-corrected chi connectivity index (χ1v) is 5.21. The van der Waals surface area contributed by atoms with Gasteiger partial charge in [0.2, 0.25) is 5.76 Å². The molecule has 0 spiro atoms. The fourth-order valence-corrected chi connectivity index (χ4v) is 1.16. The van der Waals surface area contributed by atoms with Crippen LogP contribution in [0.2, 0.25) is 0 Å². The second kappa shape index (κ2) is 6.17. The van der Waals surface area contributed by atoms with Crippen molar-refractivity contribution >= 4 is 5.97 Å². The molecule has 94 valence electrons. The third-order valence-corrected chi connectivity index (χ3v) is 2.06. The van der Waals surface area contributed by atoms with Crippen LogP contribution in [0.3, 0.4) is 0 Å². The van der Waals surface area contributed by atoms with Gasteiger partial charge in [-0.3, -0.25) is 5.26 Å². The van der Waals surface area contributed by atoms with Crippen LogP contribution >= 0.6 is 0 Å². The zero-order valence-electron chi connectivity index (χ0n) is 9.63. The maximum atomic E-state index is 11.5. The van der Waals surface area contributed by atoms with Gasteiger partial charge in [0.05, 0.1) is 6.61 Å². The Labute approximate surface area is 97.7 Å². The van der Waals surface area contributed by atoms with Gasteiger partial charge >= 0.3 is 11.6 Å². The van der Waals surface area contributed by atoms with Gasteiger partial charge in [-0.05, 0) is 25.0 Å². The van der Waals surface area contributed by atoms with E-state index in [2.05, 4.69) is 4.89 Å². The predicted molar refractivity (Wildman–Crippen MR) is 57.7 cm³/mol. The smallest absolute Gasteiger partial charge is 0.374 e. The van der Waals surface area contributed by atoms with Crippen molar-refractivity contribution in [3.63, 3.8) is 0 Å². The van der Waals surface area contributed by atoms with Crippen LogP contribution in [0.15, 0.2) is 21.3 Å². The molecular weight excluding hydrogens is 228 g/mol. The van der Waals surface area contributed by atoms with Gasteiger partial charge in [-0.15, -0.1) is 0 Å². The average molecular weight is 242 g/mol. The predicted octanol–water partition coefficient (Wildman–Crippen LogP) is 1.76. The molecule has 0 aliphatic carbocycles. The summed E-state index contributed by atoms with van der Waals surface area (Å²) in [6.07, 6.45) is -0.0527. The summed E-state index contributed by atoms with van der Waals surface area (Å²) in [5.74, 6) is -0.916. The Hall–Kier alpha value is -1.66. The largest absolute Gasteiger partial charge is 0.460 e. The molecule has 0 saturated carbocycles. The summed E-state index contributed by atoms with van der Waals surface area (Å²) in [5.41, 5.74) is -0.359. The number of ether oxygens (including phenoxy) is 1. The Morgan fingerprint density at radius 3 is 2.82 bits per heavy atom. The van der Waals surface area contributed by atoms with E-state index in [0.29, 0.717) is 12.0 Å². The highest BCUT2D eigenvalue weighted by molar-refractivity contribution is 5.86. The first-order valence-electron chi connectivity index (χ1n) is 5.21. The maximum absolute atomic E-state index is 11.5. The number of carbonyl (C=O) groups is 1. The highest BCUT2D eigenvalue weighted by Crippen LogP contribution is 2.15. The molecule has 0 amide bonds. The van der Waals surface area contributed by atoms with Gasteiger partial charge in [-0.25, -0.2) is 14.5 Å². The van der Waals surface area contributed by atoms with Crippen LogP contribution in [-0.2, 0) is 9.62 Å². The Kier molecular flexibility index (Phi) is 4.86. The molecule has 6 nitrogen and oxygen atoms in total. The van der Waals surface area contributed by atoms with Crippen LogP contribution in [-0.4, -0.2) is 17.8 Å². The number of hydrogen-bond acceptors (Lipinski definition) is 6. The monoisotopic (exact) mass is 242 g/mol. The van der Waals surface area contributed by atoms with Crippen molar-refractivity contribution in [1.29, 1.82) is 0 Å². The summed E-state index contributed by atoms with van der Waals surface area (Å²) in [4.78, 5) is 26.7. The molecule has 1 unspecified atom stereocenters. The molecule has 0 radical (unpaired) electrons. The summed E-state index contributed by atoms with van der Waals surface area (Å²) in [6.45, 7) is 3.62. The lowest BCUT2D eigenvalue weighted by Crippen LogP contribution is -2.12. The van der Waals surface area contributed by atoms with Crippen molar-refractivity contribution in [3.05, 3.63) is 33.9 Å². The molecule has 0 aromatic carbocycles. The van der Waals surface area contributed by atoms with Crippen molar-refractivity contribution < 1.29 is 24.1 Å². The first kappa shape index (κ1) is 13.4. The SMILES string of the molecule is CCCOC(=O)c1cc(C(C)OO)cc(=O)o1. The minimum Gasteiger partial charge on any atom is -0.460 e. The van der Waals surface area contributed by atoms with Crippen LogP contribution in [0.1, 0.15) is 42.5 Å². The van der Waals surface area contributed by atoms with E-state index in [4.69, 9.17) is 14.4 Å². The molecule has 0 saturated heterocycles. The van der Waals surface area contributed by atoms with Gasteiger partial charge in [-0.2, -0.15) is 0 Å². The third kappa shape index (κ3) is 3.69. The molecule has 1 N–H and O–H groups in total. The molecule has 1 rings (SSSR count). The second-order valence-electron chi connectivity index (χ2n) is 3.46. The van der Waals surface area contributed by atoms with Gasteiger partial charge in [0.15, 0.2) is 0 Å². The molecule has 0 fully saturated rings. The Balaban J connectivity index is 2.97. The Morgan fingerprint density at radius 2 is 2.24 bits per heavy atom. The number of carbonyl (C=O) groups excluding carboxylic acids is 1. The van der Waals surface area contributed by atoms with Crippen molar-refractivity contribution in [2.24, 2.45) is 0 Å². The van der Waals surface area contributed by atoms with E-state index in [1.54, 1.807) is 0 Å². The number of hydrogen-bond donors (Lipinski definition) is 1. The maximum Gasteiger partial charge on any atom is 0.374 e. The van der Waals surface area contributed by atoms with E-state index in [0.717, 1.165) is 6.07 Å². The Morgan fingerprint density at radius 1 is 1.53 bits per heavy atom. The number of rotatable bonds is 5. The lowest BCUT2D eigenvalue weighted by molar-refractivity contribution is -0.277. The molecule has 0 bridgehead atoms. The molecule has 1 heterocycles. The molecule has 6 heteroatoms. The zero-order chi connectivity index (χ0) is 12.8.